The van der Waals surface area contributed by atoms with Crippen LogP contribution in [0.25, 0.3) is 0 Å². The lowest BCUT2D eigenvalue weighted by Gasteiger charge is -2.19. The van der Waals surface area contributed by atoms with Crippen molar-refractivity contribution in [2.45, 2.75) is 32.7 Å². The predicted molar refractivity (Wildman–Crippen MR) is 75.2 cm³/mol. The van der Waals surface area contributed by atoms with Gasteiger partial charge in [-0.05, 0) is 37.9 Å². The first-order valence-electron chi connectivity index (χ1n) is 6.85. The second-order valence-corrected chi connectivity index (χ2v) is 4.45. The summed E-state index contributed by atoms with van der Waals surface area (Å²) in [6.45, 7) is 6.24. The quantitative estimate of drug-likeness (QED) is 0.748. The average molecular weight is 269 g/mol. The molecule has 19 heavy (non-hydrogen) atoms. The summed E-state index contributed by atoms with van der Waals surface area (Å²) >= 11 is 0. The molecule has 0 radical (unpaired) electrons. The van der Waals surface area contributed by atoms with Gasteiger partial charge in [0.2, 0.25) is 0 Å². The molecule has 0 aliphatic carbocycles. The molecular formula is C15H24FNO2. The number of halogens is 1. The molecule has 0 bridgehead atoms. The third-order valence-corrected chi connectivity index (χ3v) is 2.94. The maximum Gasteiger partial charge on any atom is 0.168 e. The fourth-order valence-corrected chi connectivity index (χ4v) is 1.94. The molecule has 0 aliphatic heterocycles. The van der Waals surface area contributed by atoms with Crippen molar-refractivity contribution in [1.82, 2.24) is 5.32 Å². The monoisotopic (exact) mass is 269 g/mol. The van der Waals surface area contributed by atoms with E-state index >= 15 is 0 Å². The van der Waals surface area contributed by atoms with Crippen molar-refractivity contribution in [2.75, 3.05) is 26.9 Å². The normalized spacial score (nSPS) is 12.4. The fourth-order valence-electron chi connectivity index (χ4n) is 1.94. The highest BCUT2D eigenvalue weighted by Gasteiger charge is 2.14. The number of hydrogen-bond acceptors (Lipinski definition) is 3. The van der Waals surface area contributed by atoms with E-state index in [2.05, 4.69) is 12.2 Å². The van der Waals surface area contributed by atoms with E-state index in [1.807, 2.05) is 13.0 Å². The third-order valence-electron chi connectivity index (χ3n) is 2.94. The van der Waals surface area contributed by atoms with Gasteiger partial charge >= 0.3 is 0 Å². The molecule has 0 aliphatic rings. The number of methoxy groups -OCH3 is 1. The van der Waals surface area contributed by atoms with E-state index in [1.54, 1.807) is 12.1 Å². The Morgan fingerprint density at radius 3 is 2.74 bits per heavy atom. The molecule has 0 aromatic heterocycles. The summed E-state index contributed by atoms with van der Waals surface area (Å²) in [4.78, 5) is 0. The lowest BCUT2D eigenvalue weighted by Crippen LogP contribution is -2.36. The van der Waals surface area contributed by atoms with E-state index in [-0.39, 0.29) is 11.9 Å². The summed E-state index contributed by atoms with van der Waals surface area (Å²) in [7, 11) is 1.48. The van der Waals surface area contributed by atoms with Crippen molar-refractivity contribution >= 4 is 0 Å². The van der Waals surface area contributed by atoms with Gasteiger partial charge in [0.05, 0.1) is 13.7 Å². The number of benzene rings is 1. The van der Waals surface area contributed by atoms with Crippen LogP contribution in [0.3, 0.4) is 0 Å². The SMILES string of the molecule is CCCNC(COCC)Cc1cccc(OC)c1F. The Morgan fingerprint density at radius 2 is 2.11 bits per heavy atom. The van der Waals surface area contributed by atoms with E-state index in [9.17, 15) is 4.39 Å². The number of rotatable bonds is 9. The Kier molecular flexibility index (Phi) is 7.45. The van der Waals surface area contributed by atoms with Gasteiger partial charge in [0.15, 0.2) is 11.6 Å². The minimum Gasteiger partial charge on any atom is -0.494 e. The highest BCUT2D eigenvalue weighted by Crippen LogP contribution is 2.21. The second kappa shape index (κ2) is 8.88. The second-order valence-electron chi connectivity index (χ2n) is 4.45. The molecule has 1 atom stereocenters. The summed E-state index contributed by atoms with van der Waals surface area (Å²) in [6.07, 6.45) is 1.65. The summed E-state index contributed by atoms with van der Waals surface area (Å²) in [5, 5.41) is 3.38. The molecular weight excluding hydrogens is 245 g/mol. The molecule has 0 heterocycles. The van der Waals surface area contributed by atoms with Gasteiger partial charge in [-0.2, -0.15) is 0 Å². The Bertz CT molecular complexity index is 363. The smallest absolute Gasteiger partial charge is 0.168 e. The van der Waals surface area contributed by atoms with Crippen molar-refractivity contribution in [3.05, 3.63) is 29.6 Å². The minimum absolute atomic E-state index is 0.126. The summed E-state index contributed by atoms with van der Waals surface area (Å²) in [5.74, 6) is 0.0212. The van der Waals surface area contributed by atoms with Crippen molar-refractivity contribution in [2.24, 2.45) is 0 Å². The van der Waals surface area contributed by atoms with Gasteiger partial charge in [-0.15, -0.1) is 0 Å². The molecule has 0 saturated carbocycles. The van der Waals surface area contributed by atoms with Crippen LogP contribution in [0.2, 0.25) is 0 Å². The van der Waals surface area contributed by atoms with Crippen molar-refractivity contribution < 1.29 is 13.9 Å². The molecule has 108 valence electrons. The van der Waals surface area contributed by atoms with Crippen LogP contribution in [0, 0.1) is 5.82 Å². The van der Waals surface area contributed by atoms with Crippen LogP contribution in [0.4, 0.5) is 4.39 Å². The van der Waals surface area contributed by atoms with E-state index in [0.29, 0.717) is 30.9 Å². The van der Waals surface area contributed by atoms with Gasteiger partial charge in [0.1, 0.15) is 0 Å². The van der Waals surface area contributed by atoms with E-state index in [4.69, 9.17) is 9.47 Å². The molecule has 1 aromatic rings. The molecule has 0 fully saturated rings. The zero-order chi connectivity index (χ0) is 14.1. The summed E-state index contributed by atoms with van der Waals surface area (Å²) in [6, 6.07) is 5.37. The van der Waals surface area contributed by atoms with Crippen molar-refractivity contribution in [1.29, 1.82) is 0 Å². The van der Waals surface area contributed by atoms with Gasteiger partial charge in [-0.1, -0.05) is 19.1 Å². The number of hydrogen-bond donors (Lipinski definition) is 1. The third kappa shape index (κ3) is 5.17. The van der Waals surface area contributed by atoms with Crippen molar-refractivity contribution in [3.8, 4) is 5.75 Å². The maximum atomic E-state index is 14.1. The van der Waals surface area contributed by atoms with E-state index < -0.39 is 0 Å². The Labute approximate surface area is 115 Å². The number of ether oxygens (including phenoxy) is 2. The molecule has 1 rings (SSSR count). The highest BCUT2D eigenvalue weighted by molar-refractivity contribution is 5.31. The topological polar surface area (TPSA) is 30.5 Å². The lowest BCUT2D eigenvalue weighted by molar-refractivity contribution is 0.122. The van der Waals surface area contributed by atoms with Gasteiger partial charge in [0, 0.05) is 12.6 Å². The molecule has 1 aromatic carbocycles. The Morgan fingerprint density at radius 1 is 1.32 bits per heavy atom. The molecule has 1 N–H and O–H groups in total. The van der Waals surface area contributed by atoms with E-state index in [1.165, 1.54) is 7.11 Å². The van der Waals surface area contributed by atoms with Crippen LogP contribution in [0.1, 0.15) is 25.8 Å². The molecule has 4 heteroatoms. The van der Waals surface area contributed by atoms with Gasteiger partial charge in [-0.3, -0.25) is 0 Å². The number of nitrogens with one attached hydrogen (secondary N) is 1. The van der Waals surface area contributed by atoms with Crippen LogP contribution in [-0.2, 0) is 11.2 Å². The average Bonchev–Trinajstić information content (AvgIpc) is 2.43. The summed E-state index contributed by atoms with van der Waals surface area (Å²) < 4.78 is 24.5. The molecule has 0 spiro atoms. The molecule has 0 saturated heterocycles. The standard InChI is InChI=1S/C15H24FNO2/c1-4-9-17-13(11-19-5-2)10-12-7-6-8-14(18-3)15(12)16/h6-8,13,17H,4-5,9-11H2,1-3H3. The van der Waals surface area contributed by atoms with Crippen LogP contribution < -0.4 is 10.1 Å². The van der Waals surface area contributed by atoms with Crippen LogP contribution in [-0.4, -0.2) is 32.9 Å². The van der Waals surface area contributed by atoms with Gasteiger partial charge < -0.3 is 14.8 Å². The lowest BCUT2D eigenvalue weighted by atomic mass is 10.1. The predicted octanol–water partition coefficient (Wildman–Crippen LogP) is 2.78. The molecule has 1 unspecified atom stereocenters. The zero-order valence-corrected chi connectivity index (χ0v) is 12.0. The maximum absolute atomic E-state index is 14.1. The van der Waals surface area contributed by atoms with Gasteiger partial charge in [0.25, 0.3) is 0 Å². The molecule has 3 nitrogen and oxygen atoms in total. The van der Waals surface area contributed by atoms with Crippen LogP contribution in [0.5, 0.6) is 5.75 Å². The Hall–Kier alpha value is -1.13. The first-order valence-corrected chi connectivity index (χ1v) is 6.85. The van der Waals surface area contributed by atoms with Crippen molar-refractivity contribution in [3.63, 3.8) is 0 Å². The molecule has 0 amide bonds. The first kappa shape index (κ1) is 15.9. The highest BCUT2D eigenvalue weighted by atomic mass is 19.1. The summed E-state index contributed by atoms with van der Waals surface area (Å²) in [5.41, 5.74) is 0.660. The van der Waals surface area contributed by atoms with Crippen LogP contribution in [0.15, 0.2) is 18.2 Å². The largest absolute Gasteiger partial charge is 0.494 e. The van der Waals surface area contributed by atoms with Crippen LogP contribution >= 0.6 is 0 Å². The minimum atomic E-state index is -0.273. The zero-order valence-electron chi connectivity index (χ0n) is 12.0. The fraction of sp³-hybridized carbons (Fsp3) is 0.600. The first-order chi connectivity index (χ1) is 9.22. The van der Waals surface area contributed by atoms with E-state index in [0.717, 1.165) is 13.0 Å². The van der Waals surface area contributed by atoms with Gasteiger partial charge in [-0.25, -0.2) is 4.39 Å². The Balaban J connectivity index is 2.71.